The summed E-state index contributed by atoms with van der Waals surface area (Å²) >= 11 is 6.05. The molecule has 82 valence electrons. The van der Waals surface area contributed by atoms with Crippen molar-refractivity contribution in [3.05, 3.63) is 22.8 Å². The summed E-state index contributed by atoms with van der Waals surface area (Å²) in [6, 6.07) is 0. The molecule has 0 aromatic heterocycles. The third-order valence-corrected chi connectivity index (χ3v) is 3.00. The van der Waals surface area contributed by atoms with Crippen molar-refractivity contribution in [1.82, 2.24) is 0 Å². The Morgan fingerprint density at radius 2 is 2.13 bits per heavy atom. The Labute approximate surface area is 93.7 Å². The Morgan fingerprint density at radius 3 is 2.53 bits per heavy atom. The van der Waals surface area contributed by atoms with E-state index in [9.17, 15) is 9.59 Å². The Morgan fingerprint density at radius 1 is 1.53 bits per heavy atom. The molecule has 0 spiro atoms. The van der Waals surface area contributed by atoms with Gasteiger partial charge in [0.1, 0.15) is 6.61 Å². The Kier molecular flexibility index (Phi) is 3.69. The highest BCUT2D eigenvalue weighted by molar-refractivity contribution is 6.32. The number of carbonyl (C=O) groups is 2. The first-order valence-electron chi connectivity index (χ1n) is 4.64. The maximum Gasteiger partial charge on any atom is 0.302 e. The molecular formula is C11H13ClO3. The smallest absolute Gasteiger partial charge is 0.302 e. The van der Waals surface area contributed by atoms with E-state index in [1.165, 1.54) is 6.92 Å². The SMILES string of the molecule is CC(=O)OC/C=C1\C(=O)C(C)=C(C)C1Cl. The molecule has 1 atom stereocenters. The number of allylic oxidation sites excluding steroid dienone is 3. The van der Waals surface area contributed by atoms with Crippen LogP contribution in [0.4, 0.5) is 0 Å². The second kappa shape index (κ2) is 4.62. The van der Waals surface area contributed by atoms with Gasteiger partial charge in [0.05, 0.1) is 5.38 Å². The van der Waals surface area contributed by atoms with Crippen molar-refractivity contribution in [2.24, 2.45) is 0 Å². The van der Waals surface area contributed by atoms with Crippen LogP contribution in [0.3, 0.4) is 0 Å². The maximum absolute atomic E-state index is 11.7. The number of hydrogen-bond acceptors (Lipinski definition) is 3. The summed E-state index contributed by atoms with van der Waals surface area (Å²) in [5.74, 6) is -0.426. The van der Waals surface area contributed by atoms with Gasteiger partial charge in [-0.25, -0.2) is 0 Å². The molecule has 4 heteroatoms. The Hall–Kier alpha value is -1.09. The van der Waals surface area contributed by atoms with Gasteiger partial charge in [0.2, 0.25) is 0 Å². The molecule has 1 unspecified atom stereocenters. The van der Waals surface area contributed by atoms with Crippen LogP contribution in [0, 0.1) is 0 Å². The van der Waals surface area contributed by atoms with E-state index in [1.54, 1.807) is 13.0 Å². The van der Waals surface area contributed by atoms with Crippen LogP contribution in [-0.2, 0) is 14.3 Å². The first kappa shape index (κ1) is 12.0. The first-order valence-corrected chi connectivity index (χ1v) is 5.08. The van der Waals surface area contributed by atoms with Crippen LogP contribution < -0.4 is 0 Å². The predicted octanol–water partition coefficient (Wildman–Crippen LogP) is 2.00. The van der Waals surface area contributed by atoms with E-state index in [1.807, 2.05) is 6.92 Å². The molecule has 3 nitrogen and oxygen atoms in total. The van der Waals surface area contributed by atoms with Crippen LogP contribution in [0.25, 0.3) is 0 Å². The zero-order chi connectivity index (χ0) is 11.6. The molecule has 0 saturated carbocycles. The molecule has 0 fully saturated rings. The van der Waals surface area contributed by atoms with E-state index in [2.05, 4.69) is 0 Å². The lowest BCUT2D eigenvalue weighted by atomic mass is 10.1. The third-order valence-electron chi connectivity index (χ3n) is 2.44. The van der Waals surface area contributed by atoms with Crippen LogP contribution in [-0.4, -0.2) is 23.7 Å². The molecule has 0 aromatic rings. The second-order valence-corrected chi connectivity index (χ2v) is 3.90. The molecule has 0 amide bonds. The molecule has 0 N–H and O–H groups in total. The molecule has 15 heavy (non-hydrogen) atoms. The molecule has 0 bridgehead atoms. The minimum atomic E-state index is -0.381. The molecular weight excluding hydrogens is 216 g/mol. The third kappa shape index (κ3) is 2.48. The minimum absolute atomic E-state index is 0.0559. The molecule has 1 aliphatic carbocycles. The molecule has 0 saturated heterocycles. The normalized spacial score (nSPS) is 23.9. The van der Waals surface area contributed by atoms with Gasteiger partial charge in [-0.05, 0) is 31.1 Å². The molecule has 0 heterocycles. The fourth-order valence-corrected chi connectivity index (χ4v) is 1.73. The van der Waals surface area contributed by atoms with Crippen molar-refractivity contribution >= 4 is 23.4 Å². The Bertz CT molecular complexity index is 366. The lowest BCUT2D eigenvalue weighted by Crippen LogP contribution is -2.07. The van der Waals surface area contributed by atoms with Gasteiger partial charge in [0.25, 0.3) is 0 Å². The van der Waals surface area contributed by atoms with Crippen molar-refractivity contribution in [3.8, 4) is 0 Å². The number of carbonyl (C=O) groups excluding carboxylic acids is 2. The fourth-order valence-electron chi connectivity index (χ4n) is 1.38. The average molecular weight is 229 g/mol. The van der Waals surface area contributed by atoms with Gasteiger partial charge in [0, 0.05) is 12.5 Å². The van der Waals surface area contributed by atoms with Crippen LogP contribution in [0.5, 0.6) is 0 Å². The number of hydrogen-bond donors (Lipinski definition) is 0. The zero-order valence-corrected chi connectivity index (χ0v) is 9.72. The molecule has 1 rings (SSSR count). The van der Waals surface area contributed by atoms with Gasteiger partial charge in [-0.2, -0.15) is 0 Å². The van der Waals surface area contributed by atoms with Crippen LogP contribution >= 0.6 is 11.6 Å². The fraction of sp³-hybridized carbons (Fsp3) is 0.455. The minimum Gasteiger partial charge on any atom is -0.462 e. The lowest BCUT2D eigenvalue weighted by Gasteiger charge is -2.04. The highest BCUT2D eigenvalue weighted by atomic mass is 35.5. The zero-order valence-electron chi connectivity index (χ0n) is 8.96. The first-order chi connectivity index (χ1) is 6.95. The summed E-state index contributed by atoms with van der Waals surface area (Å²) in [6.07, 6.45) is 1.57. The van der Waals surface area contributed by atoms with Gasteiger partial charge >= 0.3 is 5.97 Å². The number of esters is 1. The van der Waals surface area contributed by atoms with E-state index in [0.29, 0.717) is 11.1 Å². The van der Waals surface area contributed by atoms with Gasteiger partial charge in [0.15, 0.2) is 5.78 Å². The van der Waals surface area contributed by atoms with E-state index in [4.69, 9.17) is 16.3 Å². The largest absolute Gasteiger partial charge is 0.462 e. The van der Waals surface area contributed by atoms with Crippen molar-refractivity contribution in [2.75, 3.05) is 6.61 Å². The standard InChI is InChI=1S/C11H13ClO3/c1-6-7(2)11(14)9(10(6)12)4-5-15-8(3)13/h4,10H,5H2,1-3H3/b9-4-. The number of rotatable bonds is 2. The number of Topliss-reactive ketones (excluding diaryl/α,β-unsaturated/α-hetero) is 1. The number of halogens is 1. The lowest BCUT2D eigenvalue weighted by molar-refractivity contribution is -0.139. The van der Waals surface area contributed by atoms with E-state index < -0.39 is 0 Å². The average Bonchev–Trinajstić information content (AvgIpc) is 2.34. The maximum atomic E-state index is 11.7. The summed E-state index contributed by atoms with van der Waals surface area (Å²) in [5.41, 5.74) is 2.06. The van der Waals surface area contributed by atoms with Gasteiger partial charge in [-0.3, -0.25) is 9.59 Å². The van der Waals surface area contributed by atoms with E-state index >= 15 is 0 Å². The van der Waals surface area contributed by atoms with Gasteiger partial charge in [-0.15, -0.1) is 11.6 Å². The van der Waals surface area contributed by atoms with Crippen LogP contribution in [0.1, 0.15) is 20.8 Å². The van der Waals surface area contributed by atoms with E-state index in [-0.39, 0.29) is 23.7 Å². The number of ether oxygens (including phenoxy) is 1. The summed E-state index contributed by atoms with van der Waals surface area (Å²) in [5, 5.41) is -0.381. The highest BCUT2D eigenvalue weighted by Gasteiger charge is 2.30. The van der Waals surface area contributed by atoms with Gasteiger partial charge in [-0.1, -0.05) is 0 Å². The number of ketones is 1. The van der Waals surface area contributed by atoms with Crippen LogP contribution in [0.15, 0.2) is 22.8 Å². The summed E-state index contributed by atoms with van der Waals surface area (Å²) in [7, 11) is 0. The molecule has 0 aromatic carbocycles. The Balaban J connectivity index is 2.74. The van der Waals surface area contributed by atoms with Crippen molar-refractivity contribution in [1.29, 1.82) is 0 Å². The van der Waals surface area contributed by atoms with Crippen molar-refractivity contribution < 1.29 is 14.3 Å². The molecule has 0 radical (unpaired) electrons. The molecule has 1 aliphatic rings. The predicted molar refractivity (Wildman–Crippen MR) is 57.7 cm³/mol. The quantitative estimate of drug-likeness (QED) is 0.413. The summed E-state index contributed by atoms with van der Waals surface area (Å²) in [6.45, 7) is 5.00. The van der Waals surface area contributed by atoms with Crippen molar-refractivity contribution in [2.45, 2.75) is 26.1 Å². The second-order valence-electron chi connectivity index (χ2n) is 3.46. The topological polar surface area (TPSA) is 43.4 Å². The molecule has 0 aliphatic heterocycles. The summed E-state index contributed by atoms with van der Waals surface area (Å²) < 4.78 is 4.73. The van der Waals surface area contributed by atoms with E-state index in [0.717, 1.165) is 5.57 Å². The van der Waals surface area contributed by atoms with Crippen LogP contribution in [0.2, 0.25) is 0 Å². The van der Waals surface area contributed by atoms with Gasteiger partial charge < -0.3 is 4.74 Å². The van der Waals surface area contributed by atoms with Crippen molar-refractivity contribution in [3.63, 3.8) is 0 Å². The monoisotopic (exact) mass is 228 g/mol. The summed E-state index contributed by atoms with van der Waals surface area (Å²) in [4.78, 5) is 22.2. The highest BCUT2D eigenvalue weighted by Crippen LogP contribution is 2.31. The number of alkyl halides is 1.